The molecule has 4 heteroatoms. The zero-order valence-electron chi connectivity index (χ0n) is 15.8. The highest BCUT2D eigenvalue weighted by Crippen LogP contribution is 2.47. The molecule has 0 spiro atoms. The van der Waals surface area contributed by atoms with Crippen molar-refractivity contribution in [2.75, 3.05) is 0 Å². The molecule has 0 unspecified atom stereocenters. The number of allylic oxidation sites excluding steroid dienone is 2. The van der Waals surface area contributed by atoms with E-state index in [1.807, 2.05) is 13.0 Å². The SMILES string of the molecule is C/C1=C\CC[C@](C)(O)/C=C/[C@]2(C(C)(C)O)CC[C@@](C)(O2)[C@@H](O)CC1. The quantitative estimate of drug-likeness (QED) is 0.642. The van der Waals surface area contributed by atoms with E-state index < -0.39 is 28.5 Å². The van der Waals surface area contributed by atoms with Gasteiger partial charge in [-0.1, -0.05) is 23.8 Å². The molecule has 0 radical (unpaired) electrons. The van der Waals surface area contributed by atoms with Gasteiger partial charge in [-0.2, -0.15) is 0 Å². The van der Waals surface area contributed by atoms with Crippen molar-refractivity contribution in [1.29, 1.82) is 0 Å². The van der Waals surface area contributed by atoms with Crippen molar-refractivity contribution in [3.63, 3.8) is 0 Å². The second-order valence-electron chi connectivity index (χ2n) is 8.70. The molecule has 0 aromatic rings. The predicted octanol–water partition coefficient (Wildman–Crippen LogP) is 3.25. The molecule has 138 valence electrons. The number of ether oxygens (including phenoxy) is 1. The topological polar surface area (TPSA) is 69.9 Å². The third-order valence-corrected chi connectivity index (χ3v) is 5.82. The Bertz CT molecular complexity index is 514. The lowest BCUT2D eigenvalue weighted by molar-refractivity contribution is -0.189. The first-order valence-electron chi connectivity index (χ1n) is 9.08. The van der Waals surface area contributed by atoms with Crippen LogP contribution in [0.5, 0.6) is 0 Å². The maximum atomic E-state index is 10.7. The summed E-state index contributed by atoms with van der Waals surface area (Å²) in [6.45, 7) is 9.24. The second-order valence-corrected chi connectivity index (χ2v) is 8.70. The summed E-state index contributed by atoms with van der Waals surface area (Å²) in [6.07, 6.45) is 9.27. The lowest BCUT2D eigenvalue weighted by atomic mass is 9.81. The minimum absolute atomic E-state index is 0.584. The third kappa shape index (κ3) is 4.10. The lowest BCUT2D eigenvalue weighted by Gasteiger charge is -2.41. The van der Waals surface area contributed by atoms with E-state index in [9.17, 15) is 15.3 Å². The van der Waals surface area contributed by atoms with Crippen LogP contribution in [0.1, 0.15) is 73.1 Å². The molecule has 1 saturated heterocycles. The highest BCUT2D eigenvalue weighted by atomic mass is 16.6. The zero-order valence-corrected chi connectivity index (χ0v) is 15.8. The third-order valence-electron chi connectivity index (χ3n) is 5.82. The molecule has 2 bridgehead atoms. The van der Waals surface area contributed by atoms with E-state index in [1.165, 1.54) is 5.57 Å². The summed E-state index contributed by atoms with van der Waals surface area (Å²) in [4.78, 5) is 0. The van der Waals surface area contributed by atoms with E-state index in [1.54, 1.807) is 26.8 Å². The van der Waals surface area contributed by atoms with Crippen molar-refractivity contribution in [2.24, 2.45) is 0 Å². The maximum absolute atomic E-state index is 10.7. The fourth-order valence-corrected chi connectivity index (χ4v) is 3.72. The van der Waals surface area contributed by atoms with Crippen LogP contribution >= 0.6 is 0 Å². The lowest BCUT2D eigenvalue weighted by Crippen LogP contribution is -2.52. The van der Waals surface area contributed by atoms with Crippen LogP contribution in [-0.4, -0.2) is 43.8 Å². The Morgan fingerprint density at radius 2 is 1.83 bits per heavy atom. The molecule has 2 rings (SSSR count). The summed E-state index contributed by atoms with van der Waals surface area (Å²) in [5, 5.41) is 32.1. The molecular formula is C20H34O4. The Morgan fingerprint density at radius 1 is 1.17 bits per heavy atom. The molecule has 24 heavy (non-hydrogen) atoms. The summed E-state index contributed by atoms with van der Waals surface area (Å²) in [5.41, 5.74) is -2.42. The van der Waals surface area contributed by atoms with Gasteiger partial charge < -0.3 is 20.1 Å². The van der Waals surface area contributed by atoms with E-state index in [4.69, 9.17) is 4.74 Å². The monoisotopic (exact) mass is 338 g/mol. The van der Waals surface area contributed by atoms with Gasteiger partial charge in [-0.3, -0.25) is 0 Å². The summed E-state index contributed by atoms with van der Waals surface area (Å²) in [6, 6.07) is 0. The Labute approximate surface area is 146 Å². The maximum Gasteiger partial charge on any atom is 0.115 e. The first kappa shape index (κ1) is 19.6. The van der Waals surface area contributed by atoms with Gasteiger partial charge in [-0.15, -0.1) is 0 Å². The van der Waals surface area contributed by atoms with Crippen LogP contribution in [0.2, 0.25) is 0 Å². The van der Waals surface area contributed by atoms with Gasteiger partial charge in [0.2, 0.25) is 0 Å². The molecular weight excluding hydrogens is 304 g/mol. The fourth-order valence-electron chi connectivity index (χ4n) is 3.72. The Kier molecular flexibility index (Phi) is 5.37. The highest BCUT2D eigenvalue weighted by Gasteiger charge is 2.55. The van der Waals surface area contributed by atoms with E-state index >= 15 is 0 Å². The van der Waals surface area contributed by atoms with Gasteiger partial charge in [0, 0.05) is 0 Å². The van der Waals surface area contributed by atoms with Crippen LogP contribution in [0.15, 0.2) is 23.8 Å². The van der Waals surface area contributed by atoms with E-state index in [2.05, 4.69) is 13.0 Å². The van der Waals surface area contributed by atoms with Crippen LogP contribution in [0.4, 0.5) is 0 Å². The van der Waals surface area contributed by atoms with E-state index in [0.717, 1.165) is 12.8 Å². The van der Waals surface area contributed by atoms with Crippen molar-refractivity contribution in [1.82, 2.24) is 0 Å². The number of hydrogen-bond donors (Lipinski definition) is 3. The van der Waals surface area contributed by atoms with Gasteiger partial charge in [0.15, 0.2) is 0 Å². The smallest absolute Gasteiger partial charge is 0.115 e. The predicted molar refractivity (Wildman–Crippen MR) is 95.7 cm³/mol. The molecule has 2 aliphatic rings. The number of aliphatic hydroxyl groups is 3. The first-order chi connectivity index (χ1) is 10.9. The molecule has 0 aromatic carbocycles. The van der Waals surface area contributed by atoms with Crippen LogP contribution in [0, 0.1) is 0 Å². The number of hydrogen-bond acceptors (Lipinski definition) is 4. The molecule has 0 saturated carbocycles. The molecule has 1 fully saturated rings. The summed E-state index contributed by atoms with van der Waals surface area (Å²) in [7, 11) is 0. The molecule has 0 aliphatic carbocycles. The van der Waals surface area contributed by atoms with Crippen molar-refractivity contribution >= 4 is 0 Å². The summed E-state index contributed by atoms with van der Waals surface area (Å²) < 4.78 is 6.34. The highest BCUT2D eigenvalue weighted by molar-refractivity contribution is 5.19. The average molecular weight is 338 g/mol. The molecule has 2 heterocycles. The molecule has 0 aromatic heterocycles. The second kappa shape index (κ2) is 6.56. The van der Waals surface area contributed by atoms with E-state index in [0.29, 0.717) is 25.7 Å². The van der Waals surface area contributed by atoms with Crippen LogP contribution in [0.25, 0.3) is 0 Å². The van der Waals surface area contributed by atoms with Crippen LogP contribution < -0.4 is 0 Å². The van der Waals surface area contributed by atoms with Gasteiger partial charge in [-0.25, -0.2) is 0 Å². The Hall–Kier alpha value is -0.680. The Morgan fingerprint density at radius 3 is 2.46 bits per heavy atom. The Balaban J connectivity index is 2.41. The molecule has 4 nitrogen and oxygen atoms in total. The normalized spacial score (nSPS) is 45.5. The van der Waals surface area contributed by atoms with Crippen LogP contribution in [-0.2, 0) is 4.74 Å². The molecule has 4 atom stereocenters. The number of fused-ring (bicyclic) bond motifs is 2. The average Bonchev–Trinajstić information content (AvgIpc) is 2.82. The van der Waals surface area contributed by atoms with Gasteiger partial charge in [0.1, 0.15) is 5.60 Å². The van der Waals surface area contributed by atoms with E-state index in [-0.39, 0.29) is 0 Å². The summed E-state index contributed by atoms with van der Waals surface area (Å²) >= 11 is 0. The number of aliphatic hydroxyl groups excluding tert-OH is 1. The number of rotatable bonds is 1. The largest absolute Gasteiger partial charge is 0.390 e. The first-order valence-corrected chi connectivity index (χ1v) is 9.08. The fraction of sp³-hybridized carbons (Fsp3) is 0.800. The molecule has 3 N–H and O–H groups in total. The minimum atomic E-state index is -1.11. The minimum Gasteiger partial charge on any atom is -0.390 e. The standard InChI is InChI=1S/C20H34O4/c1-15-7-6-10-18(4,23)11-13-20(17(2,3)22)14-12-19(5,24-20)16(21)9-8-15/h7,11,13,16,21-23H,6,8-10,12,14H2,1-5H3/b13-11+,15-7+/t16-,18-,19+,20+/m0/s1. The molecule has 0 amide bonds. The summed E-state index contributed by atoms with van der Waals surface area (Å²) in [5.74, 6) is 0. The van der Waals surface area contributed by atoms with Crippen molar-refractivity contribution < 1.29 is 20.1 Å². The van der Waals surface area contributed by atoms with Crippen LogP contribution in [0.3, 0.4) is 0 Å². The van der Waals surface area contributed by atoms with Crippen molar-refractivity contribution in [3.8, 4) is 0 Å². The van der Waals surface area contributed by atoms with Gasteiger partial charge >= 0.3 is 0 Å². The molecule has 2 aliphatic heterocycles. The van der Waals surface area contributed by atoms with Crippen molar-refractivity contribution in [3.05, 3.63) is 23.8 Å². The van der Waals surface area contributed by atoms with Gasteiger partial charge in [-0.05, 0) is 73.1 Å². The van der Waals surface area contributed by atoms with Crippen molar-refractivity contribution in [2.45, 2.75) is 102 Å². The van der Waals surface area contributed by atoms with Gasteiger partial charge in [0.25, 0.3) is 0 Å². The van der Waals surface area contributed by atoms with Gasteiger partial charge in [0.05, 0.1) is 22.9 Å². The zero-order chi connectivity index (χ0) is 18.2.